The molecule has 0 aliphatic heterocycles. The summed E-state index contributed by atoms with van der Waals surface area (Å²) in [5.74, 6) is 1.13. The van der Waals surface area contributed by atoms with Gasteiger partial charge >= 0.3 is 5.97 Å². The molecule has 4 aliphatic rings. The van der Waals surface area contributed by atoms with E-state index in [1.807, 2.05) is 12.2 Å². The van der Waals surface area contributed by atoms with Crippen molar-refractivity contribution >= 4 is 5.97 Å². The zero-order valence-electron chi connectivity index (χ0n) is 15.6. The van der Waals surface area contributed by atoms with Gasteiger partial charge in [-0.2, -0.15) is 23.3 Å². The summed E-state index contributed by atoms with van der Waals surface area (Å²) in [5, 5.41) is 0. The molecule has 1 radical (unpaired) electrons. The number of fused-ring (bicyclic) bond motifs is 2. The first-order valence-corrected chi connectivity index (χ1v) is 9.55. The van der Waals surface area contributed by atoms with Crippen molar-refractivity contribution < 1.29 is 42.2 Å². The SMILES string of the molecule is O=C(OCCC1=CC=C([C-]=CC=[C-]C2=CC=CC2)C1)C1CC2C=CC1C2.[Y]. The van der Waals surface area contributed by atoms with Crippen LogP contribution in [0.4, 0.5) is 0 Å². The number of carbonyl (C=O) groups excluding carboxylic acids is 1. The molecule has 0 amide bonds. The average molecular weight is 433 g/mol. The van der Waals surface area contributed by atoms with Crippen LogP contribution in [0.2, 0.25) is 0 Å². The van der Waals surface area contributed by atoms with Crippen molar-refractivity contribution in [2.45, 2.75) is 32.1 Å². The molecule has 4 aliphatic carbocycles. The molecule has 0 spiro atoms. The second kappa shape index (κ2) is 9.80. The molecule has 3 unspecified atom stereocenters. The third-order valence-electron chi connectivity index (χ3n) is 5.58. The van der Waals surface area contributed by atoms with Crippen LogP contribution in [0.3, 0.4) is 0 Å². The molecule has 0 aromatic carbocycles. The van der Waals surface area contributed by atoms with E-state index in [4.69, 9.17) is 4.74 Å². The van der Waals surface area contributed by atoms with Gasteiger partial charge in [-0.3, -0.25) is 16.9 Å². The van der Waals surface area contributed by atoms with E-state index in [2.05, 4.69) is 54.7 Å². The fourth-order valence-electron chi connectivity index (χ4n) is 4.14. The Morgan fingerprint density at radius 3 is 2.67 bits per heavy atom. The van der Waals surface area contributed by atoms with Crippen LogP contribution in [0.15, 0.2) is 71.4 Å². The van der Waals surface area contributed by atoms with Gasteiger partial charge in [0, 0.05) is 39.1 Å². The second-order valence-corrected chi connectivity index (χ2v) is 7.44. The summed E-state index contributed by atoms with van der Waals surface area (Å²) in [5.41, 5.74) is 3.67. The maximum absolute atomic E-state index is 12.2. The monoisotopic (exact) mass is 433 g/mol. The second-order valence-electron chi connectivity index (χ2n) is 7.44. The number of hydrogen-bond acceptors (Lipinski definition) is 2. The Balaban J connectivity index is 0.00000210. The van der Waals surface area contributed by atoms with Gasteiger partial charge in [0.25, 0.3) is 0 Å². The normalized spacial score (nSPS) is 28.0. The molecule has 27 heavy (non-hydrogen) atoms. The molecule has 3 atom stereocenters. The predicted molar refractivity (Wildman–Crippen MR) is 103 cm³/mol. The number of esters is 1. The van der Waals surface area contributed by atoms with Crippen molar-refractivity contribution in [1.29, 1.82) is 0 Å². The molecule has 4 rings (SSSR count). The van der Waals surface area contributed by atoms with Crippen LogP contribution in [-0.2, 0) is 42.2 Å². The predicted octanol–water partition coefficient (Wildman–Crippen LogP) is 4.99. The first kappa shape index (κ1) is 20.5. The molecule has 0 saturated heterocycles. The Labute approximate surface area is 187 Å². The summed E-state index contributed by atoms with van der Waals surface area (Å²) >= 11 is 0. The molecule has 0 aromatic rings. The van der Waals surface area contributed by atoms with E-state index in [1.165, 1.54) is 16.7 Å². The summed E-state index contributed by atoms with van der Waals surface area (Å²) in [6.07, 6.45) is 30.1. The fraction of sp³-hybridized carbons (Fsp3) is 0.375. The van der Waals surface area contributed by atoms with E-state index in [0.29, 0.717) is 18.4 Å². The van der Waals surface area contributed by atoms with Crippen molar-refractivity contribution in [3.05, 3.63) is 83.6 Å². The van der Waals surface area contributed by atoms with E-state index >= 15 is 0 Å². The molecular formula is C24H24O2Y-2. The van der Waals surface area contributed by atoms with E-state index in [1.54, 1.807) is 0 Å². The van der Waals surface area contributed by atoms with Crippen LogP contribution in [-0.4, -0.2) is 12.6 Å². The van der Waals surface area contributed by atoms with Crippen LogP contribution < -0.4 is 0 Å². The third-order valence-corrected chi connectivity index (χ3v) is 5.58. The summed E-state index contributed by atoms with van der Waals surface area (Å²) in [7, 11) is 0. The molecule has 1 saturated carbocycles. The van der Waals surface area contributed by atoms with E-state index in [0.717, 1.165) is 32.1 Å². The Kier molecular flexibility index (Phi) is 7.44. The van der Waals surface area contributed by atoms with Gasteiger partial charge in [-0.25, -0.2) is 12.2 Å². The molecule has 2 nitrogen and oxygen atoms in total. The van der Waals surface area contributed by atoms with Crippen LogP contribution >= 0.6 is 0 Å². The number of hydrogen-bond donors (Lipinski definition) is 0. The van der Waals surface area contributed by atoms with E-state index < -0.39 is 0 Å². The number of ether oxygens (including phenoxy) is 1. The van der Waals surface area contributed by atoms with Gasteiger partial charge in [0.1, 0.15) is 0 Å². The smallest absolute Gasteiger partial charge is 0.309 e. The van der Waals surface area contributed by atoms with E-state index in [-0.39, 0.29) is 44.6 Å². The van der Waals surface area contributed by atoms with Gasteiger partial charge in [-0.1, -0.05) is 23.8 Å². The van der Waals surface area contributed by atoms with Gasteiger partial charge < -0.3 is 4.74 Å². The molecule has 137 valence electrons. The van der Waals surface area contributed by atoms with Gasteiger partial charge in [0.15, 0.2) is 0 Å². The van der Waals surface area contributed by atoms with Gasteiger partial charge in [0.2, 0.25) is 0 Å². The van der Waals surface area contributed by atoms with Crippen molar-refractivity contribution in [1.82, 2.24) is 0 Å². The van der Waals surface area contributed by atoms with E-state index in [9.17, 15) is 4.79 Å². The van der Waals surface area contributed by atoms with Crippen molar-refractivity contribution in [2.24, 2.45) is 17.8 Å². The maximum atomic E-state index is 12.2. The maximum Gasteiger partial charge on any atom is 0.309 e. The molecular weight excluding hydrogens is 409 g/mol. The minimum atomic E-state index is -0.00327. The Bertz CT molecular complexity index is 776. The molecule has 3 heteroatoms. The Hall–Kier alpha value is -1.25. The zero-order chi connectivity index (χ0) is 17.8. The first-order chi connectivity index (χ1) is 12.8. The summed E-state index contributed by atoms with van der Waals surface area (Å²) in [4.78, 5) is 12.2. The Morgan fingerprint density at radius 1 is 1.11 bits per heavy atom. The van der Waals surface area contributed by atoms with Gasteiger partial charge in [0.05, 0.1) is 12.5 Å². The molecule has 2 bridgehead atoms. The van der Waals surface area contributed by atoms with Gasteiger partial charge in [-0.15, -0.1) is 12.2 Å². The number of rotatable bonds is 7. The standard InChI is InChI=1S/C24H24O2.Y/c25-24(23-17-21-11-12-22(23)16-21)26-14-13-20-10-9-19(15-20)8-4-3-7-18-5-1-2-6-18;/h1-5,9-12,21-23H,6,13-17H2;/q-2;. The van der Waals surface area contributed by atoms with Crippen molar-refractivity contribution in [3.63, 3.8) is 0 Å². The van der Waals surface area contributed by atoms with Crippen LogP contribution in [0.25, 0.3) is 0 Å². The third kappa shape index (κ3) is 5.39. The Morgan fingerprint density at radius 2 is 1.96 bits per heavy atom. The summed E-state index contributed by atoms with van der Waals surface area (Å²) < 4.78 is 5.54. The average Bonchev–Trinajstić information content (AvgIpc) is 3.43. The van der Waals surface area contributed by atoms with Crippen LogP contribution in [0.1, 0.15) is 32.1 Å². The summed E-state index contributed by atoms with van der Waals surface area (Å²) in [6, 6.07) is 0. The molecule has 1 fully saturated rings. The minimum absolute atomic E-state index is 0. The number of carbonyl (C=O) groups is 1. The van der Waals surface area contributed by atoms with Crippen LogP contribution in [0.5, 0.6) is 0 Å². The fourth-order valence-corrected chi connectivity index (χ4v) is 4.14. The first-order valence-electron chi connectivity index (χ1n) is 9.55. The quantitative estimate of drug-likeness (QED) is 0.245. The minimum Gasteiger partial charge on any atom is -0.465 e. The van der Waals surface area contributed by atoms with Crippen molar-refractivity contribution in [3.8, 4) is 0 Å². The molecule has 0 aromatic heterocycles. The molecule has 0 N–H and O–H groups in total. The number of allylic oxidation sites excluding steroid dienone is 13. The van der Waals surface area contributed by atoms with Gasteiger partial charge in [-0.05, 0) is 37.5 Å². The zero-order valence-corrected chi connectivity index (χ0v) is 18.4. The van der Waals surface area contributed by atoms with Crippen LogP contribution in [0, 0.1) is 29.9 Å². The van der Waals surface area contributed by atoms with Crippen molar-refractivity contribution in [2.75, 3.05) is 6.61 Å². The summed E-state index contributed by atoms with van der Waals surface area (Å²) in [6.45, 7) is 0.488. The molecule has 0 heterocycles. The largest absolute Gasteiger partial charge is 0.465 e. The topological polar surface area (TPSA) is 26.3 Å².